The Morgan fingerprint density at radius 2 is 1.86 bits per heavy atom. The number of fused-ring (bicyclic) bond motifs is 2. The number of imidazole rings is 1. The molecule has 2 aromatic carbocycles. The molecule has 2 N–H and O–H groups in total. The average molecular weight is 499 g/mol. The van der Waals surface area contributed by atoms with E-state index in [-0.39, 0.29) is 17.6 Å². The standard InChI is InChI=1S/C27H20FN5O2S/c1-27(18-6-4-3-5-7-18)31-24(34)20-14-17(12-13-33(20)27)21-15-32-23(25(35)29-2)22(30-26(32)36-21)16-8-10-19(28)11-9-16/h3-15H,1-2H3,(H-,29,31,34,35)/p+1. The molecule has 178 valence electrons. The summed E-state index contributed by atoms with van der Waals surface area (Å²) in [5.41, 5.74) is 3.18. The molecule has 36 heavy (non-hydrogen) atoms. The van der Waals surface area contributed by atoms with Crippen LogP contribution < -0.4 is 15.2 Å². The number of carbonyl (C=O) groups is 2. The van der Waals surface area contributed by atoms with Gasteiger partial charge in [-0.05, 0) is 36.4 Å². The number of nitrogens with one attached hydrogen (secondary N) is 2. The van der Waals surface area contributed by atoms with Crippen LogP contribution in [0, 0.1) is 5.82 Å². The lowest BCUT2D eigenvalue weighted by Gasteiger charge is -2.19. The van der Waals surface area contributed by atoms with Gasteiger partial charge in [0.05, 0.1) is 4.88 Å². The van der Waals surface area contributed by atoms with Gasteiger partial charge in [0.25, 0.3) is 17.3 Å². The zero-order valence-electron chi connectivity index (χ0n) is 19.4. The summed E-state index contributed by atoms with van der Waals surface area (Å²) < 4.78 is 17.1. The first kappa shape index (κ1) is 22.1. The molecule has 7 nitrogen and oxygen atoms in total. The number of benzene rings is 2. The van der Waals surface area contributed by atoms with Gasteiger partial charge in [-0.1, -0.05) is 29.5 Å². The van der Waals surface area contributed by atoms with Gasteiger partial charge >= 0.3 is 5.91 Å². The lowest BCUT2D eigenvalue weighted by molar-refractivity contribution is -0.747. The maximum Gasteiger partial charge on any atom is 0.321 e. The smallest absolute Gasteiger partial charge is 0.321 e. The summed E-state index contributed by atoms with van der Waals surface area (Å²) in [5, 5.41) is 5.77. The van der Waals surface area contributed by atoms with E-state index in [1.54, 1.807) is 23.6 Å². The number of rotatable bonds is 4. The van der Waals surface area contributed by atoms with Crippen LogP contribution in [-0.2, 0) is 5.66 Å². The summed E-state index contributed by atoms with van der Waals surface area (Å²) in [6.45, 7) is 1.97. The van der Waals surface area contributed by atoms with Gasteiger partial charge in [0.15, 0.2) is 11.2 Å². The Bertz CT molecular complexity index is 1660. The van der Waals surface area contributed by atoms with Gasteiger partial charge in [0.2, 0.25) is 0 Å². The average Bonchev–Trinajstić information content (AvgIpc) is 3.54. The number of aromatic nitrogens is 3. The first-order valence-corrected chi connectivity index (χ1v) is 12.2. The van der Waals surface area contributed by atoms with E-state index in [1.165, 1.54) is 23.5 Å². The predicted molar refractivity (Wildman–Crippen MR) is 134 cm³/mol. The fourth-order valence-electron chi connectivity index (χ4n) is 4.66. The van der Waals surface area contributed by atoms with Crippen molar-refractivity contribution in [2.24, 2.45) is 0 Å². The van der Waals surface area contributed by atoms with Gasteiger partial charge in [0, 0.05) is 49.0 Å². The van der Waals surface area contributed by atoms with E-state index in [1.807, 2.05) is 66.3 Å². The van der Waals surface area contributed by atoms with E-state index in [9.17, 15) is 14.0 Å². The Morgan fingerprint density at radius 1 is 1.11 bits per heavy atom. The van der Waals surface area contributed by atoms with Crippen molar-refractivity contribution in [2.75, 3.05) is 7.05 Å². The zero-order valence-corrected chi connectivity index (χ0v) is 20.3. The Kier molecular flexibility index (Phi) is 4.97. The highest BCUT2D eigenvalue weighted by atomic mass is 32.1. The number of pyridine rings is 1. The van der Waals surface area contributed by atoms with E-state index in [2.05, 4.69) is 10.6 Å². The lowest BCUT2D eigenvalue weighted by atomic mass is 10.0. The van der Waals surface area contributed by atoms with Crippen molar-refractivity contribution < 1.29 is 18.5 Å². The van der Waals surface area contributed by atoms with Crippen LogP contribution in [0.4, 0.5) is 4.39 Å². The molecule has 4 heterocycles. The SMILES string of the molecule is CNC(=O)c1c(-c2ccc(F)cc2)nc2sc(-c3cc[n+]4c(c3)C(=O)NC4(C)c3ccccc3)cn12. The molecule has 3 aromatic heterocycles. The van der Waals surface area contributed by atoms with Crippen LogP contribution in [0.1, 0.15) is 33.5 Å². The summed E-state index contributed by atoms with van der Waals surface area (Å²) >= 11 is 1.41. The quantitative estimate of drug-likeness (QED) is 0.368. The van der Waals surface area contributed by atoms with Gasteiger partial charge in [-0.25, -0.2) is 9.37 Å². The molecule has 2 amide bonds. The third-order valence-electron chi connectivity index (χ3n) is 6.53. The number of hydrogen-bond acceptors (Lipinski definition) is 4. The largest absolute Gasteiger partial charge is 0.354 e. The molecule has 0 bridgehead atoms. The zero-order chi connectivity index (χ0) is 25.0. The van der Waals surface area contributed by atoms with Crippen LogP contribution in [-0.4, -0.2) is 28.2 Å². The summed E-state index contributed by atoms with van der Waals surface area (Å²) in [6, 6.07) is 19.5. The molecule has 0 spiro atoms. The third-order valence-corrected chi connectivity index (χ3v) is 7.56. The second-order valence-electron chi connectivity index (χ2n) is 8.71. The number of hydrogen-bond donors (Lipinski definition) is 2. The molecule has 1 unspecified atom stereocenters. The molecule has 0 saturated carbocycles. The summed E-state index contributed by atoms with van der Waals surface area (Å²) in [5.74, 6) is -0.812. The van der Waals surface area contributed by atoms with Crippen LogP contribution >= 0.6 is 11.3 Å². The first-order valence-electron chi connectivity index (χ1n) is 11.3. The number of carbonyl (C=O) groups excluding carboxylic acids is 2. The van der Waals surface area contributed by atoms with Crippen molar-refractivity contribution in [1.29, 1.82) is 0 Å². The molecule has 1 aliphatic rings. The topological polar surface area (TPSA) is 79.4 Å². The van der Waals surface area contributed by atoms with Crippen molar-refractivity contribution in [1.82, 2.24) is 20.0 Å². The molecule has 0 radical (unpaired) electrons. The van der Waals surface area contributed by atoms with Crippen LogP contribution in [0.5, 0.6) is 0 Å². The molecule has 9 heteroatoms. The van der Waals surface area contributed by atoms with Crippen LogP contribution in [0.2, 0.25) is 0 Å². The highest BCUT2D eigenvalue weighted by Gasteiger charge is 2.48. The minimum absolute atomic E-state index is 0.158. The molecule has 0 aliphatic carbocycles. The third kappa shape index (κ3) is 3.31. The summed E-state index contributed by atoms with van der Waals surface area (Å²) in [6.07, 6.45) is 3.75. The van der Waals surface area contributed by atoms with Gasteiger partial charge in [0.1, 0.15) is 17.2 Å². The summed E-state index contributed by atoms with van der Waals surface area (Å²) in [4.78, 5) is 31.9. The molecular weight excluding hydrogens is 477 g/mol. The maximum absolute atomic E-state index is 13.4. The molecule has 0 saturated heterocycles. The lowest BCUT2D eigenvalue weighted by Crippen LogP contribution is -2.58. The van der Waals surface area contributed by atoms with E-state index in [4.69, 9.17) is 4.98 Å². The second kappa shape index (κ2) is 8.10. The fourth-order valence-corrected chi connectivity index (χ4v) is 5.64. The van der Waals surface area contributed by atoms with E-state index in [0.717, 1.165) is 16.0 Å². The minimum Gasteiger partial charge on any atom is -0.354 e. The number of amides is 2. The van der Waals surface area contributed by atoms with Crippen LogP contribution in [0.15, 0.2) is 79.1 Å². The van der Waals surface area contributed by atoms with Crippen molar-refractivity contribution in [3.63, 3.8) is 0 Å². The van der Waals surface area contributed by atoms with Crippen molar-refractivity contribution >= 4 is 28.1 Å². The molecular formula is C27H21FN5O2S+. The van der Waals surface area contributed by atoms with Crippen LogP contribution in [0.25, 0.3) is 26.7 Å². The molecule has 6 rings (SSSR count). The fraction of sp³-hybridized carbons (Fsp3) is 0.111. The second-order valence-corrected chi connectivity index (χ2v) is 9.72. The number of thiazole rings is 1. The van der Waals surface area contributed by atoms with E-state index >= 15 is 0 Å². The Morgan fingerprint density at radius 3 is 2.58 bits per heavy atom. The van der Waals surface area contributed by atoms with Crippen LogP contribution in [0.3, 0.4) is 0 Å². The molecule has 0 fully saturated rings. The Hall–Kier alpha value is -4.37. The monoisotopic (exact) mass is 498 g/mol. The van der Waals surface area contributed by atoms with Crippen molar-refractivity contribution in [2.45, 2.75) is 12.6 Å². The normalized spacial score (nSPS) is 16.7. The first-order chi connectivity index (χ1) is 17.4. The van der Waals surface area contributed by atoms with Gasteiger partial charge in [-0.3, -0.25) is 19.3 Å². The maximum atomic E-state index is 13.4. The van der Waals surface area contributed by atoms with Crippen molar-refractivity contribution in [3.05, 3.63) is 102 Å². The van der Waals surface area contributed by atoms with E-state index in [0.29, 0.717) is 27.6 Å². The van der Waals surface area contributed by atoms with Gasteiger partial charge in [-0.2, -0.15) is 4.57 Å². The molecule has 1 atom stereocenters. The Labute approximate surface area is 209 Å². The molecule has 1 aliphatic heterocycles. The number of halogens is 1. The highest BCUT2D eigenvalue weighted by molar-refractivity contribution is 7.20. The van der Waals surface area contributed by atoms with Crippen molar-refractivity contribution in [3.8, 4) is 21.7 Å². The predicted octanol–water partition coefficient (Wildman–Crippen LogP) is 3.98. The van der Waals surface area contributed by atoms with Gasteiger partial charge < -0.3 is 5.32 Å². The molecule has 5 aromatic rings. The highest BCUT2D eigenvalue weighted by Crippen LogP contribution is 2.34. The van der Waals surface area contributed by atoms with Gasteiger partial charge in [-0.15, -0.1) is 0 Å². The summed E-state index contributed by atoms with van der Waals surface area (Å²) in [7, 11) is 1.56. The minimum atomic E-state index is -0.688. The van der Waals surface area contributed by atoms with E-state index < -0.39 is 5.66 Å². The number of nitrogens with zero attached hydrogens (tertiary/aromatic N) is 3. The Balaban J connectivity index is 1.45.